The lowest BCUT2D eigenvalue weighted by Crippen LogP contribution is -2.06. The largest absolute Gasteiger partial charge is 0.383 e. The summed E-state index contributed by atoms with van der Waals surface area (Å²) in [6.45, 7) is 3.67. The smallest absolute Gasteiger partial charge is 0.167 e. The summed E-state index contributed by atoms with van der Waals surface area (Å²) in [6, 6.07) is 3.63. The minimum absolute atomic E-state index is 0.0159. The summed E-state index contributed by atoms with van der Waals surface area (Å²) in [5.41, 5.74) is 6.98. The minimum Gasteiger partial charge on any atom is -0.383 e. The van der Waals surface area contributed by atoms with Gasteiger partial charge in [0, 0.05) is 11.3 Å². The van der Waals surface area contributed by atoms with Crippen molar-refractivity contribution in [1.82, 2.24) is 9.97 Å². The molecule has 2 N–H and O–H groups in total. The van der Waals surface area contributed by atoms with Gasteiger partial charge < -0.3 is 5.73 Å². The van der Waals surface area contributed by atoms with E-state index >= 15 is 0 Å². The molecule has 0 radical (unpaired) electrons. The molecule has 3 nitrogen and oxygen atoms in total. The summed E-state index contributed by atoms with van der Waals surface area (Å²) in [7, 11) is 0. The number of hydrogen-bond donors (Lipinski definition) is 1. The molecule has 1 aromatic heterocycles. The van der Waals surface area contributed by atoms with Gasteiger partial charge >= 0.3 is 0 Å². The number of hydrogen-bond acceptors (Lipinski definition) is 3. The Bertz CT molecular complexity index is 554. The van der Waals surface area contributed by atoms with Crippen LogP contribution < -0.4 is 5.73 Å². The van der Waals surface area contributed by atoms with Crippen molar-refractivity contribution in [3.8, 4) is 11.4 Å². The van der Waals surface area contributed by atoms with Gasteiger partial charge in [0.25, 0.3) is 0 Å². The number of nitrogen functional groups attached to an aromatic ring is 1. The highest BCUT2D eigenvalue weighted by molar-refractivity contribution is 5.60. The van der Waals surface area contributed by atoms with Crippen LogP contribution >= 0.6 is 0 Å². The number of halogens is 2. The van der Waals surface area contributed by atoms with Crippen LogP contribution in [0.25, 0.3) is 11.4 Å². The fraction of sp³-hybridized carbons (Fsp3) is 0.231. The molecule has 0 fully saturated rings. The molecule has 0 atom stereocenters. The fourth-order valence-electron chi connectivity index (χ4n) is 1.88. The highest BCUT2D eigenvalue weighted by atomic mass is 19.1. The Morgan fingerprint density at radius 1 is 1.17 bits per heavy atom. The van der Waals surface area contributed by atoms with Crippen LogP contribution in [-0.4, -0.2) is 9.97 Å². The molecule has 0 bridgehead atoms. The normalized spacial score (nSPS) is 10.7. The summed E-state index contributed by atoms with van der Waals surface area (Å²) in [6.07, 6.45) is 0.678. The van der Waals surface area contributed by atoms with E-state index in [1.54, 1.807) is 6.92 Å². The van der Waals surface area contributed by atoms with Crippen molar-refractivity contribution in [2.24, 2.45) is 0 Å². The Morgan fingerprint density at radius 2 is 1.78 bits per heavy atom. The van der Waals surface area contributed by atoms with Gasteiger partial charge in [0.1, 0.15) is 17.5 Å². The van der Waals surface area contributed by atoms with Gasteiger partial charge in [-0.3, -0.25) is 0 Å². The number of rotatable bonds is 2. The Kier molecular flexibility index (Phi) is 3.23. The van der Waals surface area contributed by atoms with Crippen LogP contribution in [0.3, 0.4) is 0 Å². The number of aromatic nitrogens is 2. The molecular weight excluding hydrogens is 236 g/mol. The van der Waals surface area contributed by atoms with Gasteiger partial charge in [-0.2, -0.15) is 0 Å². The summed E-state index contributed by atoms with van der Waals surface area (Å²) in [4.78, 5) is 8.11. The second-order valence-corrected chi connectivity index (χ2v) is 3.95. The zero-order valence-electron chi connectivity index (χ0n) is 10.2. The molecule has 1 heterocycles. The molecule has 0 spiro atoms. The van der Waals surface area contributed by atoms with Crippen molar-refractivity contribution in [3.05, 3.63) is 41.1 Å². The third-order valence-corrected chi connectivity index (χ3v) is 2.79. The summed E-state index contributed by atoms with van der Waals surface area (Å²) in [5.74, 6) is -1.14. The van der Waals surface area contributed by atoms with E-state index in [9.17, 15) is 8.78 Å². The van der Waals surface area contributed by atoms with Crippen LogP contribution in [0, 0.1) is 18.6 Å². The van der Waals surface area contributed by atoms with Gasteiger partial charge in [-0.1, -0.05) is 13.0 Å². The lowest BCUT2D eigenvalue weighted by atomic mass is 10.1. The second-order valence-electron chi connectivity index (χ2n) is 3.95. The summed E-state index contributed by atoms with van der Waals surface area (Å²) < 4.78 is 27.2. The predicted molar refractivity (Wildman–Crippen MR) is 65.9 cm³/mol. The first kappa shape index (κ1) is 12.4. The fourth-order valence-corrected chi connectivity index (χ4v) is 1.88. The zero-order chi connectivity index (χ0) is 13.3. The van der Waals surface area contributed by atoms with E-state index in [2.05, 4.69) is 9.97 Å². The van der Waals surface area contributed by atoms with Crippen LogP contribution in [0.2, 0.25) is 0 Å². The first-order chi connectivity index (χ1) is 8.54. The highest BCUT2D eigenvalue weighted by Crippen LogP contribution is 2.25. The van der Waals surface area contributed by atoms with E-state index in [0.717, 1.165) is 5.56 Å². The van der Waals surface area contributed by atoms with Gasteiger partial charge in [-0.15, -0.1) is 0 Å². The SMILES string of the molecule is CCc1c(C)nc(-c2c(F)cccc2F)nc1N. The van der Waals surface area contributed by atoms with Crippen LogP contribution in [0.1, 0.15) is 18.2 Å². The number of benzene rings is 1. The highest BCUT2D eigenvalue weighted by Gasteiger charge is 2.16. The molecule has 0 unspecified atom stereocenters. The maximum absolute atomic E-state index is 13.6. The molecule has 18 heavy (non-hydrogen) atoms. The Labute approximate surface area is 104 Å². The molecule has 0 aliphatic rings. The van der Waals surface area contributed by atoms with Crippen LogP contribution in [0.15, 0.2) is 18.2 Å². The van der Waals surface area contributed by atoms with E-state index in [-0.39, 0.29) is 17.2 Å². The van der Waals surface area contributed by atoms with Gasteiger partial charge in [0.15, 0.2) is 5.82 Å². The average Bonchev–Trinajstić information content (AvgIpc) is 2.28. The third kappa shape index (κ3) is 2.03. The first-order valence-corrected chi connectivity index (χ1v) is 5.62. The maximum Gasteiger partial charge on any atom is 0.167 e. The molecule has 94 valence electrons. The van der Waals surface area contributed by atoms with E-state index in [0.29, 0.717) is 12.1 Å². The van der Waals surface area contributed by atoms with E-state index in [1.165, 1.54) is 18.2 Å². The van der Waals surface area contributed by atoms with Gasteiger partial charge in [-0.25, -0.2) is 18.7 Å². The van der Waals surface area contributed by atoms with Gasteiger partial charge in [0.05, 0.1) is 5.56 Å². The molecule has 0 amide bonds. The van der Waals surface area contributed by atoms with Crippen molar-refractivity contribution in [1.29, 1.82) is 0 Å². The molecule has 1 aromatic carbocycles. The van der Waals surface area contributed by atoms with Crippen molar-refractivity contribution >= 4 is 5.82 Å². The van der Waals surface area contributed by atoms with Crippen molar-refractivity contribution < 1.29 is 8.78 Å². The van der Waals surface area contributed by atoms with Crippen LogP contribution in [-0.2, 0) is 6.42 Å². The lowest BCUT2D eigenvalue weighted by Gasteiger charge is -2.09. The molecule has 0 aliphatic carbocycles. The lowest BCUT2D eigenvalue weighted by molar-refractivity contribution is 0.587. The number of aryl methyl sites for hydroxylation is 1. The number of nitrogens with zero attached hydrogens (tertiary/aromatic N) is 2. The molecule has 0 aliphatic heterocycles. The minimum atomic E-state index is -0.696. The first-order valence-electron chi connectivity index (χ1n) is 5.62. The predicted octanol–water partition coefficient (Wildman–Crippen LogP) is 2.87. The Morgan fingerprint density at radius 3 is 2.28 bits per heavy atom. The van der Waals surface area contributed by atoms with Gasteiger partial charge in [0.2, 0.25) is 0 Å². The third-order valence-electron chi connectivity index (χ3n) is 2.79. The van der Waals surface area contributed by atoms with Gasteiger partial charge in [-0.05, 0) is 25.5 Å². The van der Waals surface area contributed by atoms with E-state index in [1.807, 2.05) is 6.92 Å². The standard InChI is InChI=1S/C13H13F2N3/c1-3-8-7(2)17-13(18-12(8)16)11-9(14)5-4-6-10(11)15/h4-6H,3H2,1-2H3,(H2,16,17,18). The average molecular weight is 249 g/mol. The maximum atomic E-state index is 13.6. The van der Waals surface area contributed by atoms with E-state index in [4.69, 9.17) is 5.73 Å². The van der Waals surface area contributed by atoms with Crippen LogP contribution in [0.4, 0.5) is 14.6 Å². The zero-order valence-corrected chi connectivity index (χ0v) is 10.2. The topological polar surface area (TPSA) is 51.8 Å². The summed E-state index contributed by atoms with van der Waals surface area (Å²) in [5, 5.41) is 0. The van der Waals surface area contributed by atoms with Crippen molar-refractivity contribution in [3.63, 3.8) is 0 Å². The molecule has 0 saturated heterocycles. The van der Waals surface area contributed by atoms with E-state index < -0.39 is 11.6 Å². The molecule has 2 aromatic rings. The summed E-state index contributed by atoms with van der Waals surface area (Å²) >= 11 is 0. The molecule has 5 heteroatoms. The monoisotopic (exact) mass is 249 g/mol. The Hall–Kier alpha value is -2.04. The second kappa shape index (κ2) is 4.68. The molecular formula is C13H13F2N3. The number of anilines is 1. The molecule has 2 rings (SSSR count). The quantitative estimate of drug-likeness (QED) is 0.890. The Balaban J connectivity index is 2.66. The van der Waals surface area contributed by atoms with Crippen molar-refractivity contribution in [2.75, 3.05) is 5.73 Å². The molecule has 0 saturated carbocycles. The van der Waals surface area contributed by atoms with Crippen LogP contribution in [0.5, 0.6) is 0 Å². The van der Waals surface area contributed by atoms with Crippen molar-refractivity contribution in [2.45, 2.75) is 20.3 Å². The number of nitrogens with two attached hydrogens (primary N) is 1.